The van der Waals surface area contributed by atoms with E-state index in [0.29, 0.717) is 17.3 Å². The van der Waals surface area contributed by atoms with Gasteiger partial charge in [-0.25, -0.2) is 0 Å². The van der Waals surface area contributed by atoms with E-state index in [0.717, 1.165) is 17.5 Å². The van der Waals surface area contributed by atoms with E-state index >= 15 is 0 Å². The second-order valence-corrected chi connectivity index (χ2v) is 7.02. The number of carbonyl (C=O) groups excluding carboxylic acids is 1. The van der Waals surface area contributed by atoms with Gasteiger partial charge in [0, 0.05) is 11.1 Å². The average molecular weight is 363 g/mol. The van der Waals surface area contributed by atoms with E-state index in [1.54, 1.807) is 0 Å². The second kappa shape index (κ2) is 8.16. The lowest BCUT2D eigenvalue weighted by Gasteiger charge is -2.20. The first kappa shape index (κ1) is 18.8. The summed E-state index contributed by atoms with van der Waals surface area (Å²) in [4.78, 5) is 17.2. The third kappa shape index (κ3) is 4.42. The molecular formula is C22H25N3O2. The fourth-order valence-electron chi connectivity index (χ4n) is 2.79. The van der Waals surface area contributed by atoms with Gasteiger partial charge in [-0.1, -0.05) is 73.0 Å². The maximum atomic E-state index is 12.7. The first-order valence-electron chi connectivity index (χ1n) is 9.26. The molecule has 27 heavy (non-hydrogen) atoms. The maximum Gasteiger partial charge on any atom is 0.251 e. The molecular weight excluding hydrogens is 338 g/mol. The van der Waals surface area contributed by atoms with E-state index in [-0.39, 0.29) is 17.9 Å². The van der Waals surface area contributed by atoms with Crippen molar-refractivity contribution in [3.63, 3.8) is 0 Å². The van der Waals surface area contributed by atoms with Crippen molar-refractivity contribution in [1.29, 1.82) is 0 Å². The number of hydrogen-bond donors (Lipinski definition) is 1. The molecule has 0 unspecified atom stereocenters. The van der Waals surface area contributed by atoms with E-state index < -0.39 is 0 Å². The zero-order valence-electron chi connectivity index (χ0n) is 16.2. The number of nitrogens with zero attached hydrogens (tertiary/aromatic N) is 2. The first-order valence-corrected chi connectivity index (χ1v) is 9.26. The average Bonchev–Trinajstić information content (AvgIpc) is 3.16. The van der Waals surface area contributed by atoms with Crippen LogP contribution in [-0.4, -0.2) is 16.0 Å². The van der Waals surface area contributed by atoms with Crippen molar-refractivity contribution in [3.8, 4) is 11.4 Å². The number of benzene rings is 2. The van der Waals surface area contributed by atoms with Gasteiger partial charge in [-0.15, -0.1) is 0 Å². The van der Waals surface area contributed by atoms with E-state index in [2.05, 4.69) is 29.3 Å². The summed E-state index contributed by atoms with van der Waals surface area (Å²) >= 11 is 0. The zero-order valence-corrected chi connectivity index (χ0v) is 16.2. The second-order valence-electron chi connectivity index (χ2n) is 7.02. The van der Waals surface area contributed by atoms with Gasteiger partial charge in [-0.2, -0.15) is 4.98 Å². The Morgan fingerprint density at radius 1 is 1.04 bits per heavy atom. The van der Waals surface area contributed by atoms with Crippen molar-refractivity contribution in [2.24, 2.45) is 5.92 Å². The highest BCUT2D eigenvalue weighted by atomic mass is 16.5. The van der Waals surface area contributed by atoms with Gasteiger partial charge in [0.2, 0.25) is 11.7 Å². The van der Waals surface area contributed by atoms with Crippen LogP contribution in [0, 0.1) is 19.8 Å². The summed E-state index contributed by atoms with van der Waals surface area (Å²) < 4.78 is 5.51. The Morgan fingerprint density at radius 2 is 1.63 bits per heavy atom. The zero-order chi connectivity index (χ0) is 19.4. The molecule has 0 aliphatic rings. The van der Waals surface area contributed by atoms with Crippen LogP contribution in [-0.2, 0) is 0 Å². The Balaban J connectivity index is 1.83. The smallest absolute Gasteiger partial charge is 0.251 e. The van der Waals surface area contributed by atoms with Crippen LogP contribution in [0.2, 0.25) is 0 Å². The molecule has 1 N–H and O–H groups in total. The molecule has 0 fully saturated rings. The lowest BCUT2D eigenvalue weighted by atomic mass is 9.98. The summed E-state index contributed by atoms with van der Waals surface area (Å²) in [5, 5.41) is 7.17. The van der Waals surface area contributed by atoms with Crippen LogP contribution < -0.4 is 5.32 Å². The Morgan fingerprint density at radius 3 is 2.22 bits per heavy atom. The molecule has 2 aromatic carbocycles. The number of hydrogen-bond acceptors (Lipinski definition) is 4. The van der Waals surface area contributed by atoms with Gasteiger partial charge in [-0.3, -0.25) is 4.79 Å². The molecule has 2 atom stereocenters. The highest BCUT2D eigenvalue weighted by Gasteiger charge is 2.26. The maximum absolute atomic E-state index is 12.7. The standard InChI is InChI=1S/C22H25N3O2/c1-5-16(4)19(23-21(26)18-12-8-15(3)9-13-18)22-24-20(25-27-22)17-10-6-14(2)7-11-17/h6-13,16,19H,5H2,1-4H3,(H,23,26)/t16-,19+/m0/s1. The molecule has 0 aliphatic heterocycles. The predicted molar refractivity (Wildman–Crippen MR) is 105 cm³/mol. The molecule has 0 saturated heterocycles. The molecule has 5 nitrogen and oxygen atoms in total. The number of rotatable bonds is 6. The summed E-state index contributed by atoms with van der Waals surface area (Å²) in [6, 6.07) is 15.1. The monoisotopic (exact) mass is 363 g/mol. The molecule has 1 amide bonds. The lowest BCUT2D eigenvalue weighted by Crippen LogP contribution is -2.32. The summed E-state index contributed by atoms with van der Waals surface area (Å²) in [5.41, 5.74) is 3.80. The lowest BCUT2D eigenvalue weighted by molar-refractivity contribution is 0.0910. The van der Waals surface area contributed by atoms with Crippen LogP contribution in [0.1, 0.15) is 53.7 Å². The van der Waals surface area contributed by atoms with Gasteiger partial charge in [0.15, 0.2) is 0 Å². The van der Waals surface area contributed by atoms with Crippen molar-refractivity contribution in [3.05, 3.63) is 71.1 Å². The molecule has 3 rings (SSSR count). The molecule has 1 aromatic heterocycles. The summed E-state index contributed by atoms with van der Waals surface area (Å²) in [6.07, 6.45) is 0.876. The normalized spacial score (nSPS) is 13.2. The minimum atomic E-state index is -0.337. The van der Waals surface area contributed by atoms with Crippen LogP contribution in [0.3, 0.4) is 0 Å². The van der Waals surface area contributed by atoms with Crippen molar-refractivity contribution < 1.29 is 9.32 Å². The summed E-state index contributed by atoms with van der Waals surface area (Å²) in [7, 11) is 0. The SMILES string of the molecule is CC[C@H](C)[C@@H](NC(=O)c1ccc(C)cc1)c1nc(-c2ccc(C)cc2)no1. The highest BCUT2D eigenvalue weighted by Crippen LogP contribution is 2.26. The quantitative estimate of drug-likeness (QED) is 0.678. The van der Waals surface area contributed by atoms with Crippen LogP contribution in [0.4, 0.5) is 0 Å². The molecule has 0 aliphatic carbocycles. The summed E-state index contributed by atoms with van der Waals surface area (Å²) in [6.45, 7) is 8.17. The molecule has 140 valence electrons. The Bertz CT molecular complexity index is 898. The largest absolute Gasteiger partial charge is 0.340 e. The molecule has 5 heteroatoms. The molecule has 0 spiro atoms. The fraction of sp³-hybridized carbons (Fsp3) is 0.318. The predicted octanol–water partition coefficient (Wildman–Crippen LogP) is 4.87. The molecule has 3 aromatic rings. The molecule has 0 radical (unpaired) electrons. The van der Waals surface area contributed by atoms with Crippen LogP contribution in [0.5, 0.6) is 0 Å². The Hall–Kier alpha value is -2.95. The van der Waals surface area contributed by atoms with Crippen LogP contribution >= 0.6 is 0 Å². The van der Waals surface area contributed by atoms with Crippen molar-refractivity contribution in [1.82, 2.24) is 15.5 Å². The number of aryl methyl sites for hydroxylation is 2. The van der Waals surface area contributed by atoms with Gasteiger partial charge < -0.3 is 9.84 Å². The fourth-order valence-corrected chi connectivity index (χ4v) is 2.79. The molecule has 0 saturated carbocycles. The van der Waals surface area contributed by atoms with Crippen molar-refractivity contribution in [2.45, 2.75) is 40.2 Å². The van der Waals surface area contributed by atoms with E-state index in [1.807, 2.05) is 62.4 Å². The van der Waals surface area contributed by atoms with Crippen LogP contribution in [0.25, 0.3) is 11.4 Å². The van der Waals surface area contributed by atoms with Gasteiger partial charge in [-0.05, 0) is 31.9 Å². The molecule has 1 heterocycles. The summed E-state index contributed by atoms with van der Waals surface area (Å²) in [5.74, 6) is 0.976. The van der Waals surface area contributed by atoms with Gasteiger partial charge in [0.1, 0.15) is 6.04 Å². The highest BCUT2D eigenvalue weighted by molar-refractivity contribution is 5.94. The molecule has 0 bridgehead atoms. The number of nitrogens with one attached hydrogen (secondary N) is 1. The van der Waals surface area contributed by atoms with E-state index in [1.165, 1.54) is 5.56 Å². The first-order chi connectivity index (χ1) is 13.0. The number of aromatic nitrogens is 2. The van der Waals surface area contributed by atoms with Crippen molar-refractivity contribution >= 4 is 5.91 Å². The Kier molecular flexibility index (Phi) is 5.69. The van der Waals surface area contributed by atoms with Crippen molar-refractivity contribution in [2.75, 3.05) is 0 Å². The number of carbonyl (C=O) groups is 1. The topological polar surface area (TPSA) is 68.0 Å². The van der Waals surface area contributed by atoms with Crippen LogP contribution in [0.15, 0.2) is 53.1 Å². The minimum absolute atomic E-state index is 0.143. The number of amides is 1. The van der Waals surface area contributed by atoms with Gasteiger partial charge in [0.05, 0.1) is 0 Å². The third-order valence-electron chi connectivity index (χ3n) is 4.83. The Labute approximate surface area is 159 Å². The van der Waals surface area contributed by atoms with E-state index in [9.17, 15) is 4.79 Å². The van der Waals surface area contributed by atoms with Gasteiger partial charge >= 0.3 is 0 Å². The van der Waals surface area contributed by atoms with E-state index in [4.69, 9.17) is 4.52 Å². The third-order valence-corrected chi connectivity index (χ3v) is 4.83. The van der Waals surface area contributed by atoms with Gasteiger partial charge in [0.25, 0.3) is 5.91 Å². The minimum Gasteiger partial charge on any atom is -0.340 e.